The number of rotatable bonds is 3. The Morgan fingerprint density at radius 2 is 2.14 bits per heavy atom. The van der Waals surface area contributed by atoms with Gasteiger partial charge in [0.2, 0.25) is 0 Å². The zero-order valence-electron chi connectivity index (χ0n) is 8.11. The number of hydrogen-bond acceptors (Lipinski definition) is 3. The van der Waals surface area contributed by atoms with Gasteiger partial charge in [0, 0.05) is 17.5 Å². The lowest BCUT2D eigenvalue weighted by atomic mass is 10.0. The van der Waals surface area contributed by atoms with Gasteiger partial charge in [0.25, 0.3) is 5.69 Å². The predicted molar refractivity (Wildman–Crippen MR) is 52.2 cm³/mol. The van der Waals surface area contributed by atoms with Gasteiger partial charge in [0.1, 0.15) is 5.78 Å². The maximum atomic E-state index is 10.9. The molecule has 4 heteroatoms. The summed E-state index contributed by atoms with van der Waals surface area (Å²) in [6.07, 6.45) is 0.123. The summed E-state index contributed by atoms with van der Waals surface area (Å²) in [4.78, 5) is 21.2. The van der Waals surface area contributed by atoms with Crippen LogP contribution < -0.4 is 0 Å². The number of Topliss-reactive ketones (excluding diaryl/α,β-unsaturated/α-hetero) is 1. The van der Waals surface area contributed by atoms with Gasteiger partial charge in [-0.15, -0.1) is 0 Å². The summed E-state index contributed by atoms with van der Waals surface area (Å²) in [5.74, 6) is -0.0706. The number of nitrogens with zero attached hydrogens (tertiary/aromatic N) is 1. The minimum Gasteiger partial charge on any atom is -0.300 e. The maximum absolute atomic E-state index is 10.9. The van der Waals surface area contributed by atoms with Crippen LogP contribution in [0.1, 0.15) is 18.1 Å². The molecule has 0 N–H and O–H groups in total. The molecular formula is C10H11NO3. The van der Waals surface area contributed by atoms with E-state index in [2.05, 4.69) is 0 Å². The highest BCUT2D eigenvalue weighted by atomic mass is 16.6. The van der Waals surface area contributed by atoms with Crippen LogP contribution in [0, 0.1) is 17.0 Å². The van der Waals surface area contributed by atoms with Crippen LogP contribution in [-0.4, -0.2) is 10.7 Å². The van der Waals surface area contributed by atoms with Crippen molar-refractivity contribution in [3.05, 3.63) is 39.4 Å². The van der Waals surface area contributed by atoms with Crippen LogP contribution in [0.5, 0.6) is 0 Å². The molecule has 0 atom stereocenters. The summed E-state index contributed by atoms with van der Waals surface area (Å²) in [6, 6.07) is 5.01. The van der Waals surface area contributed by atoms with Gasteiger partial charge in [0.15, 0.2) is 0 Å². The third-order valence-corrected chi connectivity index (χ3v) is 1.94. The van der Waals surface area contributed by atoms with E-state index in [-0.39, 0.29) is 17.9 Å². The van der Waals surface area contributed by atoms with Crippen molar-refractivity contribution in [3.8, 4) is 0 Å². The molecule has 14 heavy (non-hydrogen) atoms. The molecule has 0 saturated heterocycles. The first-order chi connectivity index (χ1) is 6.52. The van der Waals surface area contributed by atoms with Crippen LogP contribution in [0.2, 0.25) is 0 Å². The minimum atomic E-state index is -0.437. The molecule has 0 radical (unpaired) electrons. The Balaban J connectivity index is 3.21. The Labute approximate surface area is 81.7 Å². The molecule has 1 aromatic rings. The second-order valence-corrected chi connectivity index (χ2v) is 3.22. The van der Waals surface area contributed by atoms with Crippen molar-refractivity contribution in [1.82, 2.24) is 0 Å². The Morgan fingerprint density at radius 3 is 2.64 bits per heavy atom. The Bertz CT molecular complexity index is 385. The van der Waals surface area contributed by atoms with Crippen molar-refractivity contribution in [3.63, 3.8) is 0 Å². The van der Waals surface area contributed by atoms with Gasteiger partial charge in [0.05, 0.1) is 4.92 Å². The number of nitro groups is 1. The van der Waals surface area contributed by atoms with Crippen LogP contribution in [-0.2, 0) is 11.2 Å². The average molecular weight is 193 g/mol. The number of hydrogen-bond donors (Lipinski definition) is 0. The Morgan fingerprint density at radius 1 is 1.50 bits per heavy atom. The standard InChI is InChI=1S/C10H11NO3/c1-7-4-3-5-9(6-8(2)12)10(7)11(13)14/h3-5H,6H2,1-2H3. The van der Waals surface area contributed by atoms with Gasteiger partial charge < -0.3 is 0 Å². The highest BCUT2D eigenvalue weighted by Crippen LogP contribution is 2.23. The smallest absolute Gasteiger partial charge is 0.275 e. The number of para-hydroxylation sites is 1. The van der Waals surface area contributed by atoms with Gasteiger partial charge in [-0.1, -0.05) is 18.2 Å². The normalized spacial score (nSPS) is 9.86. The summed E-state index contributed by atoms with van der Waals surface area (Å²) in [5, 5.41) is 10.7. The van der Waals surface area contributed by atoms with E-state index in [0.29, 0.717) is 11.1 Å². The van der Waals surface area contributed by atoms with Crippen molar-refractivity contribution in [1.29, 1.82) is 0 Å². The summed E-state index contributed by atoms with van der Waals surface area (Å²) in [5.41, 5.74) is 1.14. The van der Waals surface area contributed by atoms with Crippen LogP contribution in [0.25, 0.3) is 0 Å². The molecule has 1 aromatic carbocycles. The van der Waals surface area contributed by atoms with Gasteiger partial charge in [-0.05, 0) is 13.8 Å². The third kappa shape index (κ3) is 2.16. The lowest BCUT2D eigenvalue weighted by Crippen LogP contribution is -2.02. The number of ketones is 1. The van der Waals surface area contributed by atoms with E-state index in [9.17, 15) is 14.9 Å². The van der Waals surface area contributed by atoms with E-state index < -0.39 is 4.92 Å². The first kappa shape index (κ1) is 10.4. The van der Waals surface area contributed by atoms with Crippen molar-refractivity contribution in [2.75, 3.05) is 0 Å². The zero-order chi connectivity index (χ0) is 10.7. The van der Waals surface area contributed by atoms with Gasteiger partial charge in [-0.25, -0.2) is 0 Å². The monoisotopic (exact) mass is 193 g/mol. The molecule has 0 spiro atoms. The van der Waals surface area contributed by atoms with Crippen molar-refractivity contribution in [2.24, 2.45) is 0 Å². The third-order valence-electron chi connectivity index (χ3n) is 1.94. The molecule has 0 unspecified atom stereocenters. The zero-order valence-corrected chi connectivity index (χ0v) is 8.11. The number of carbonyl (C=O) groups is 1. The fourth-order valence-corrected chi connectivity index (χ4v) is 1.39. The summed E-state index contributed by atoms with van der Waals surface area (Å²) in [7, 11) is 0. The van der Waals surface area contributed by atoms with Crippen molar-refractivity contribution in [2.45, 2.75) is 20.3 Å². The molecule has 0 fully saturated rings. The number of carbonyl (C=O) groups excluding carboxylic acids is 1. The number of benzene rings is 1. The van der Waals surface area contributed by atoms with Crippen LogP contribution in [0.15, 0.2) is 18.2 Å². The van der Waals surface area contributed by atoms with E-state index in [1.165, 1.54) is 6.92 Å². The molecule has 0 amide bonds. The van der Waals surface area contributed by atoms with Crippen LogP contribution in [0.3, 0.4) is 0 Å². The second-order valence-electron chi connectivity index (χ2n) is 3.22. The van der Waals surface area contributed by atoms with Crippen molar-refractivity contribution < 1.29 is 9.72 Å². The molecular weight excluding hydrogens is 182 g/mol. The van der Waals surface area contributed by atoms with Gasteiger partial charge >= 0.3 is 0 Å². The number of nitro benzene ring substituents is 1. The topological polar surface area (TPSA) is 60.2 Å². The molecule has 0 bridgehead atoms. The summed E-state index contributed by atoms with van der Waals surface area (Å²) in [6.45, 7) is 3.09. The van der Waals surface area contributed by atoms with Crippen LogP contribution >= 0.6 is 0 Å². The van der Waals surface area contributed by atoms with E-state index in [1.54, 1.807) is 25.1 Å². The molecule has 0 aliphatic heterocycles. The summed E-state index contributed by atoms with van der Waals surface area (Å²) < 4.78 is 0. The lowest BCUT2D eigenvalue weighted by Gasteiger charge is -2.02. The molecule has 1 rings (SSSR count). The molecule has 0 heterocycles. The van der Waals surface area contributed by atoms with Crippen LogP contribution in [0.4, 0.5) is 5.69 Å². The van der Waals surface area contributed by atoms with Gasteiger partial charge in [-0.2, -0.15) is 0 Å². The van der Waals surface area contributed by atoms with E-state index in [0.717, 1.165) is 0 Å². The first-order valence-corrected chi connectivity index (χ1v) is 4.24. The molecule has 0 aliphatic carbocycles. The SMILES string of the molecule is CC(=O)Cc1cccc(C)c1[N+](=O)[O-]. The highest BCUT2D eigenvalue weighted by Gasteiger charge is 2.17. The van der Waals surface area contributed by atoms with E-state index in [1.807, 2.05) is 0 Å². The predicted octanol–water partition coefficient (Wildman–Crippen LogP) is 2.03. The largest absolute Gasteiger partial charge is 0.300 e. The molecule has 0 saturated carbocycles. The Kier molecular flexibility index (Phi) is 2.96. The lowest BCUT2D eigenvalue weighted by molar-refractivity contribution is -0.386. The van der Waals surface area contributed by atoms with Crippen molar-refractivity contribution >= 4 is 11.5 Å². The van der Waals surface area contributed by atoms with E-state index >= 15 is 0 Å². The minimum absolute atomic E-state index is 0.0581. The second kappa shape index (κ2) is 4.00. The fourth-order valence-electron chi connectivity index (χ4n) is 1.39. The highest BCUT2D eigenvalue weighted by molar-refractivity contribution is 5.79. The first-order valence-electron chi connectivity index (χ1n) is 4.24. The average Bonchev–Trinajstić information content (AvgIpc) is 2.01. The fraction of sp³-hybridized carbons (Fsp3) is 0.300. The summed E-state index contributed by atoms with van der Waals surface area (Å²) >= 11 is 0. The molecule has 74 valence electrons. The van der Waals surface area contributed by atoms with E-state index in [4.69, 9.17) is 0 Å². The maximum Gasteiger partial charge on any atom is 0.275 e. The Hall–Kier alpha value is -1.71. The molecule has 0 aliphatic rings. The quantitative estimate of drug-likeness (QED) is 0.545. The van der Waals surface area contributed by atoms with Gasteiger partial charge in [-0.3, -0.25) is 14.9 Å². The molecule has 0 aromatic heterocycles. The number of aryl methyl sites for hydroxylation is 1. The molecule has 4 nitrogen and oxygen atoms in total.